The lowest BCUT2D eigenvalue weighted by atomic mass is 10.0. The molecule has 2 unspecified atom stereocenters. The molecule has 0 fully saturated rings. The van der Waals surface area contributed by atoms with E-state index in [4.69, 9.17) is 15.5 Å². The molecule has 1 aliphatic rings. The van der Waals surface area contributed by atoms with E-state index in [2.05, 4.69) is 27.6 Å². The molecule has 3 aromatic rings. The summed E-state index contributed by atoms with van der Waals surface area (Å²) < 4.78 is 43.5. The highest BCUT2D eigenvalue weighted by Gasteiger charge is 2.32. The molecule has 1 aromatic heterocycles. The van der Waals surface area contributed by atoms with Gasteiger partial charge in [0.15, 0.2) is 5.17 Å². The van der Waals surface area contributed by atoms with Crippen molar-refractivity contribution in [1.29, 1.82) is 0 Å². The zero-order valence-electron chi connectivity index (χ0n) is 17.4. The molecular formula is C22H24F3N5OS. The second-order valence-corrected chi connectivity index (χ2v) is 8.88. The lowest BCUT2D eigenvalue weighted by molar-refractivity contribution is -0.137. The van der Waals surface area contributed by atoms with E-state index in [9.17, 15) is 13.2 Å². The molecule has 0 radical (unpaired) electrons. The molecule has 4 N–H and O–H groups in total. The van der Waals surface area contributed by atoms with Gasteiger partial charge in [-0.05, 0) is 41.8 Å². The first kappa shape index (κ1) is 22.6. The summed E-state index contributed by atoms with van der Waals surface area (Å²) in [7, 11) is 1.65. The van der Waals surface area contributed by atoms with Crippen LogP contribution in [0.5, 0.6) is 0 Å². The number of thioether (sulfide) groups is 1. The number of rotatable bonds is 7. The lowest BCUT2D eigenvalue weighted by Crippen LogP contribution is -2.37. The highest BCUT2D eigenvalue weighted by Crippen LogP contribution is 2.40. The number of methoxy groups -OCH3 is 1. The normalized spacial score (nSPS) is 19.8. The number of hydrogen-bond donors (Lipinski definition) is 3. The fourth-order valence-corrected chi connectivity index (χ4v) is 4.86. The maximum absolute atomic E-state index is 12.7. The number of ether oxygens (including phenoxy) is 1. The summed E-state index contributed by atoms with van der Waals surface area (Å²) in [6, 6.07) is 11.0. The van der Waals surface area contributed by atoms with Gasteiger partial charge in [-0.3, -0.25) is 10.1 Å². The van der Waals surface area contributed by atoms with Crippen LogP contribution in [0.25, 0.3) is 10.9 Å². The maximum Gasteiger partial charge on any atom is 0.416 e. The van der Waals surface area contributed by atoms with Gasteiger partial charge in [0.05, 0.1) is 35.2 Å². The fourth-order valence-electron chi connectivity index (χ4n) is 3.68. The van der Waals surface area contributed by atoms with Crippen molar-refractivity contribution in [3.8, 4) is 0 Å². The SMILES string of the molecule is COCC1N=C(NC[C@@H](N)Cc2ccc(C(F)(F)F)cc2)SC1c1ccc2[nH]ncc2c1. The molecule has 0 saturated heterocycles. The third-order valence-corrected chi connectivity index (χ3v) is 6.61. The molecule has 10 heteroatoms. The number of nitrogens with one attached hydrogen (secondary N) is 2. The molecule has 0 aliphatic carbocycles. The number of nitrogens with zero attached hydrogens (tertiary/aromatic N) is 2. The molecular weight excluding hydrogens is 439 g/mol. The Labute approximate surface area is 187 Å². The van der Waals surface area contributed by atoms with Gasteiger partial charge in [0, 0.05) is 25.1 Å². The van der Waals surface area contributed by atoms with Crippen molar-refractivity contribution in [2.24, 2.45) is 10.7 Å². The molecule has 0 bridgehead atoms. The highest BCUT2D eigenvalue weighted by atomic mass is 32.2. The zero-order chi connectivity index (χ0) is 22.7. The van der Waals surface area contributed by atoms with Crippen LogP contribution in [0.1, 0.15) is 21.9 Å². The molecule has 4 rings (SSSR count). The van der Waals surface area contributed by atoms with Crippen molar-refractivity contribution < 1.29 is 17.9 Å². The Morgan fingerprint density at radius 1 is 1.22 bits per heavy atom. The fraction of sp³-hybridized carbons (Fsp3) is 0.364. The quantitative estimate of drug-likeness (QED) is 0.495. The second-order valence-electron chi connectivity index (χ2n) is 7.75. The minimum absolute atomic E-state index is 0.0389. The Balaban J connectivity index is 1.35. The van der Waals surface area contributed by atoms with E-state index in [-0.39, 0.29) is 17.3 Å². The van der Waals surface area contributed by atoms with Crippen LogP contribution in [0.3, 0.4) is 0 Å². The number of alkyl halides is 3. The summed E-state index contributed by atoms with van der Waals surface area (Å²) in [5.41, 5.74) is 8.43. The van der Waals surface area contributed by atoms with E-state index >= 15 is 0 Å². The van der Waals surface area contributed by atoms with Gasteiger partial charge in [-0.2, -0.15) is 18.3 Å². The topological polar surface area (TPSA) is 88.3 Å². The minimum atomic E-state index is -4.34. The van der Waals surface area contributed by atoms with E-state index in [0.29, 0.717) is 19.6 Å². The lowest BCUT2D eigenvalue weighted by Gasteiger charge is -2.17. The standard InChI is InChI=1S/C22H24F3N5OS/c1-31-12-19-20(14-4-7-18-15(9-14)10-28-30-18)32-21(29-19)27-11-17(26)8-13-2-5-16(6-3-13)22(23,24)25/h2-7,9-10,17,19-20H,8,11-12,26H2,1H3,(H,27,29)(H,28,30)/t17-,19?,20?/m0/s1. The number of nitrogens with two attached hydrogens (primary N) is 1. The summed E-state index contributed by atoms with van der Waals surface area (Å²) >= 11 is 1.62. The van der Waals surface area contributed by atoms with Crippen molar-refractivity contribution in [2.45, 2.75) is 29.9 Å². The van der Waals surface area contributed by atoms with Gasteiger partial charge in [0.25, 0.3) is 0 Å². The number of aliphatic imine (C=N–C) groups is 1. The number of aromatic nitrogens is 2. The first-order chi connectivity index (χ1) is 15.3. The monoisotopic (exact) mass is 463 g/mol. The molecule has 3 atom stereocenters. The van der Waals surface area contributed by atoms with Gasteiger partial charge in [0.2, 0.25) is 0 Å². The first-order valence-corrected chi connectivity index (χ1v) is 11.0. The van der Waals surface area contributed by atoms with Gasteiger partial charge >= 0.3 is 6.18 Å². The zero-order valence-corrected chi connectivity index (χ0v) is 18.2. The van der Waals surface area contributed by atoms with Crippen LogP contribution >= 0.6 is 11.8 Å². The molecule has 170 valence electrons. The average Bonchev–Trinajstić information content (AvgIpc) is 3.38. The number of aromatic amines is 1. The summed E-state index contributed by atoms with van der Waals surface area (Å²) in [5.74, 6) is 0. The van der Waals surface area contributed by atoms with Crippen LogP contribution in [-0.2, 0) is 17.3 Å². The average molecular weight is 464 g/mol. The van der Waals surface area contributed by atoms with E-state index in [1.807, 2.05) is 6.07 Å². The molecule has 2 heterocycles. The van der Waals surface area contributed by atoms with E-state index in [1.54, 1.807) is 25.1 Å². The van der Waals surface area contributed by atoms with Crippen LogP contribution in [0.2, 0.25) is 0 Å². The Morgan fingerprint density at radius 3 is 2.72 bits per heavy atom. The second kappa shape index (κ2) is 9.51. The van der Waals surface area contributed by atoms with E-state index in [1.165, 1.54) is 12.1 Å². The number of halogens is 3. The summed E-state index contributed by atoms with van der Waals surface area (Å²) in [5, 5.41) is 12.2. The van der Waals surface area contributed by atoms with Crippen molar-refractivity contribution >= 4 is 27.8 Å². The largest absolute Gasteiger partial charge is 0.416 e. The summed E-state index contributed by atoms with van der Waals surface area (Å²) in [6.07, 6.45) is -2.08. The van der Waals surface area contributed by atoms with Crippen LogP contribution in [0.15, 0.2) is 53.7 Å². The van der Waals surface area contributed by atoms with Gasteiger partial charge in [-0.1, -0.05) is 30.0 Å². The number of fused-ring (bicyclic) bond motifs is 1. The third kappa shape index (κ3) is 5.25. The van der Waals surface area contributed by atoms with Crippen molar-refractivity contribution in [2.75, 3.05) is 20.3 Å². The Hall–Kier alpha value is -2.56. The Morgan fingerprint density at radius 2 is 2.00 bits per heavy atom. The smallest absolute Gasteiger partial charge is 0.382 e. The molecule has 0 amide bonds. The maximum atomic E-state index is 12.7. The number of benzene rings is 2. The predicted octanol–water partition coefficient (Wildman–Crippen LogP) is 3.90. The summed E-state index contributed by atoms with van der Waals surface area (Å²) in [6.45, 7) is 0.948. The highest BCUT2D eigenvalue weighted by molar-refractivity contribution is 8.14. The Kier molecular flexibility index (Phi) is 6.73. The van der Waals surface area contributed by atoms with Crippen molar-refractivity contribution in [3.05, 3.63) is 65.4 Å². The van der Waals surface area contributed by atoms with Gasteiger partial charge in [-0.15, -0.1) is 0 Å². The molecule has 1 aliphatic heterocycles. The van der Waals surface area contributed by atoms with Crippen LogP contribution in [0.4, 0.5) is 13.2 Å². The van der Waals surface area contributed by atoms with Gasteiger partial charge in [0.1, 0.15) is 0 Å². The molecule has 0 spiro atoms. The van der Waals surface area contributed by atoms with Crippen molar-refractivity contribution in [1.82, 2.24) is 15.5 Å². The summed E-state index contributed by atoms with van der Waals surface area (Å²) in [4.78, 5) is 4.76. The first-order valence-electron chi connectivity index (χ1n) is 10.2. The van der Waals surface area contributed by atoms with E-state index in [0.717, 1.165) is 39.3 Å². The van der Waals surface area contributed by atoms with Crippen molar-refractivity contribution in [3.63, 3.8) is 0 Å². The van der Waals surface area contributed by atoms with Gasteiger partial charge < -0.3 is 15.8 Å². The number of amidine groups is 1. The minimum Gasteiger partial charge on any atom is -0.382 e. The molecule has 6 nitrogen and oxygen atoms in total. The Bertz CT molecular complexity index is 1080. The molecule has 2 aromatic carbocycles. The van der Waals surface area contributed by atoms with Crippen LogP contribution in [0, 0.1) is 0 Å². The van der Waals surface area contributed by atoms with Crippen LogP contribution < -0.4 is 11.1 Å². The number of hydrogen-bond acceptors (Lipinski definition) is 6. The molecule has 32 heavy (non-hydrogen) atoms. The van der Waals surface area contributed by atoms with E-state index < -0.39 is 11.7 Å². The predicted molar refractivity (Wildman–Crippen MR) is 121 cm³/mol. The van der Waals surface area contributed by atoms with Crippen LogP contribution in [-0.4, -0.2) is 47.7 Å². The number of H-pyrrole nitrogens is 1. The third-order valence-electron chi connectivity index (χ3n) is 5.30. The van der Waals surface area contributed by atoms with Gasteiger partial charge in [-0.25, -0.2) is 0 Å². The molecule has 0 saturated carbocycles.